The molecule has 122 valence electrons. The van der Waals surface area contributed by atoms with Crippen LogP contribution in [0.1, 0.15) is 50.3 Å². The maximum atomic E-state index is 10.2. The minimum Gasteiger partial charge on any atom is -0.508 e. The molecule has 0 saturated carbocycles. The van der Waals surface area contributed by atoms with Crippen LogP contribution in [0.15, 0.2) is 17.1 Å². The van der Waals surface area contributed by atoms with Gasteiger partial charge in [-0.15, -0.1) is 0 Å². The molecule has 0 atom stereocenters. The topological polar surface area (TPSA) is 56.7 Å². The van der Waals surface area contributed by atoms with Crippen molar-refractivity contribution in [3.8, 4) is 5.75 Å². The lowest BCUT2D eigenvalue weighted by molar-refractivity contribution is 0.465. The highest BCUT2D eigenvalue weighted by Gasteiger charge is 2.16. The number of aliphatic imine (C=N–C) groups is 1. The quantitative estimate of drug-likeness (QED) is 0.579. The normalized spacial score (nSPS) is 14.8. The molecule has 1 aliphatic carbocycles. The maximum absolute atomic E-state index is 10.2. The molecule has 4 nitrogen and oxygen atoms in total. The highest BCUT2D eigenvalue weighted by atomic mass is 16.3. The molecule has 0 radical (unpaired) electrons. The van der Waals surface area contributed by atoms with Gasteiger partial charge in [-0.3, -0.25) is 0 Å². The Balaban J connectivity index is 2.15. The third-order valence-electron chi connectivity index (χ3n) is 4.04. The van der Waals surface area contributed by atoms with Crippen LogP contribution >= 0.6 is 0 Å². The molecule has 0 fully saturated rings. The molecule has 1 aromatic carbocycles. The summed E-state index contributed by atoms with van der Waals surface area (Å²) in [4.78, 5) is 4.66. The zero-order chi connectivity index (χ0) is 15.9. The number of hydrogen-bond donors (Lipinski definition) is 3. The van der Waals surface area contributed by atoms with Crippen LogP contribution in [-0.4, -0.2) is 24.2 Å². The largest absolute Gasteiger partial charge is 0.508 e. The number of aryl methyl sites for hydroxylation is 1. The van der Waals surface area contributed by atoms with Crippen molar-refractivity contribution in [2.24, 2.45) is 10.9 Å². The van der Waals surface area contributed by atoms with Crippen molar-refractivity contribution in [2.75, 3.05) is 13.1 Å². The Morgan fingerprint density at radius 1 is 1.23 bits per heavy atom. The van der Waals surface area contributed by atoms with Gasteiger partial charge in [0.15, 0.2) is 5.96 Å². The highest BCUT2D eigenvalue weighted by molar-refractivity contribution is 5.79. The average molecular weight is 303 g/mol. The smallest absolute Gasteiger partial charge is 0.191 e. The minimum absolute atomic E-state index is 0.379. The first-order chi connectivity index (χ1) is 10.6. The van der Waals surface area contributed by atoms with Gasteiger partial charge in [0, 0.05) is 18.7 Å². The number of nitrogens with one attached hydrogen (secondary N) is 2. The van der Waals surface area contributed by atoms with E-state index in [4.69, 9.17) is 0 Å². The Morgan fingerprint density at radius 3 is 2.73 bits per heavy atom. The summed E-state index contributed by atoms with van der Waals surface area (Å²) in [5.41, 5.74) is 3.70. The number of phenolic OH excluding ortho intramolecular Hbond substituents is 1. The van der Waals surface area contributed by atoms with Gasteiger partial charge in [0.25, 0.3) is 0 Å². The summed E-state index contributed by atoms with van der Waals surface area (Å²) < 4.78 is 0. The number of phenols is 1. The lowest BCUT2D eigenvalue weighted by atomic mass is 9.88. The Kier molecular flexibility index (Phi) is 6.10. The Hall–Kier alpha value is -1.71. The summed E-state index contributed by atoms with van der Waals surface area (Å²) in [5, 5.41) is 16.8. The Morgan fingerprint density at radius 2 is 2.00 bits per heavy atom. The minimum atomic E-state index is 0.379. The van der Waals surface area contributed by atoms with E-state index >= 15 is 0 Å². The van der Waals surface area contributed by atoms with Gasteiger partial charge in [0.05, 0.1) is 6.54 Å². The second-order valence-electron chi connectivity index (χ2n) is 6.38. The molecule has 4 heteroatoms. The second kappa shape index (κ2) is 8.06. The van der Waals surface area contributed by atoms with Crippen LogP contribution in [0.4, 0.5) is 0 Å². The third kappa shape index (κ3) is 4.39. The summed E-state index contributed by atoms with van der Waals surface area (Å²) >= 11 is 0. The number of aromatic hydroxyl groups is 1. The molecule has 0 spiro atoms. The molecule has 1 aromatic rings. The molecule has 0 heterocycles. The standard InChI is InChI=1S/C18H29N3O/c1-4-19-18(20-11-13(2)3)21-12-16-15-8-6-5-7-14(15)9-10-17(16)22/h9-10,13,22H,4-8,11-12H2,1-3H3,(H2,19,20,21). The summed E-state index contributed by atoms with van der Waals surface area (Å²) in [5.74, 6) is 1.77. The summed E-state index contributed by atoms with van der Waals surface area (Å²) in [6.07, 6.45) is 4.64. The van der Waals surface area contributed by atoms with Crippen LogP contribution in [0.2, 0.25) is 0 Å². The van der Waals surface area contributed by atoms with E-state index in [-0.39, 0.29) is 0 Å². The third-order valence-corrected chi connectivity index (χ3v) is 4.04. The van der Waals surface area contributed by atoms with E-state index in [1.165, 1.54) is 24.0 Å². The van der Waals surface area contributed by atoms with E-state index in [1.54, 1.807) is 0 Å². The number of nitrogens with zero attached hydrogens (tertiary/aromatic N) is 1. The van der Waals surface area contributed by atoms with E-state index in [0.29, 0.717) is 18.2 Å². The summed E-state index contributed by atoms with van der Waals surface area (Å²) in [6, 6.07) is 3.89. The van der Waals surface area contributed by atoms with Gasteiger partial charge in [0.2, 0.25) is 0 Å². The fourth-order valence-corrected chi connectivity index (χ4v) is 2.87. The lowest BCUT2D eigenvalue weighted by Gasteiger charge is -2.20. The highest BCUT2D eigenvalue weighted by Crippen LogP contribution is 2.30. The molecule has 0 amide bonds. The molecule has 3 N–H and O–H groups in total. The zero-order valence-corrected chi connectivity index (χ0v) is 14.1. The first-order valence-electron chi connectivity index (χ1n) is 8.46. The van der Waals surface area contributed by atoms with E-state index < -0.39 is 0 Å². The van der Waals surface area contributed by atoms with Crippen LogP contribution in [0.3, 0.4) is 0 Å². The van der Waals surface area contributed by atoms with Gasteiger partial charge in [0.1, 0.15) is 5.75 Å². The number of rotatable bonds is 5. The van der Waals surface area contributed by atoms with E-state index in [9.17, 15) is 5.11 Å². The molecule has 0 saturated heterocycles. The summed E-state index contributed by atoms with van der Waals surface area (Å²) in [7, 11) is 0. The average Bonchev–Trinajstić information content (AvgIpc) is 2.51. The molecule has 2 rings (SSSR count). The van der Waals surface area contributed by atoms with Crippen molar-refractivity contribution >= 4 is 5.96 Å². The molecular weight excluding hydrogens is 274 g/mol. The van der Waals surface area contributed by atoms with Gasteiger partial charge >= 0.3 is 0 Å². The molecule has 0 aromatic heterocycles. The van der Waals surface area contributed by atoms with Gasteiger partial charge in [-0.2, -0.15) is 0 Å². The van der Waals surface area contributed by atoms with Gasteiger partial charge < -0.3 is 15.7 Å². The molecule has 1 aliphatic rings. The maximum Gasteiger partial charge on any atom is 0.191 e. The van der Waals surface area contributed by atoms with Crippen molar-refractivity contribution in [1.29, 1.82) is 0 Å². The monoisotopic (exact) mass is 303 g/mol. The zero-order valence-electron chi connectivity index (χ0n) is 14.1. The molecule has 0 bridgehead atoms. The fourth-order valence-electron chi connectivity index (χ4n) is 2.87. The Bertz CT molecular complexity index is 523. The first-order valence-corrected chi connectivity index (χ1v) is 8.46. The predicted octanol–water partition coefficient (Wildman–Crippen LogP) is 2.98. The number of benzene rings is 1. The number of fused-ring (bicyclic) bond motifs is 1. The molecule has 0 aliphatic heterocycles. The molecule has 22 heavy (non-hydrogen) atoms. The summed E-state index contributed by atoms with van der Waals surface area (Å²) in [6.45, 7) is 8.68. The lowest BCUT2D eigenvalue weighted by Crippen LogP contribution is -2.39. The van der Waals surface area contributed by atoms with Crippen LogP contribution < -0.4 is 10.6 Å². The van der Waals surface area contributed by atoms with E-state index in [2.05, 4.69) is 42.5 Å². The number of hydrogen-bond acceptors (Lipinski definition) is 2. The van der Waals surface area contributed by atoms with Gasteiger partial charge in [-0.05, 0) is 55.7 Å². The van der Waals surface area contributed by atoms with E-state index in [0.717, 1.165) is 37.5 Å². The van der Waals surface area contributed by atoms with E-state index in [1.807, 2.05) is 6.07 Å². The van der Waals surface area contributed by atoms with Crippen molar-refractivity contribution in [3.05, 3.63) is 28.8 Å². The first kappa shape index (κ1) is 16.7. The second-order valence-corrected chi connectivity index (χ2v) is 6.38. The van der Waals surface area contributed by atoms with Crippen LogP contribution in [-0.2, 0) is 19.4 Å². The van der Waals surface area contributed by atoms with Crippen molar-refractivity contribution in [2.45, 2.75) is 53.0 Å². The van der Waals surface area contributed by atoms with Crippen molar-refractivity contribution < 1.29 is 5.11 Å². The SMILES string of the molecule is CCNC(=NCc1c(O)ccc2c1CCCC2)NCC(C)C. The van der Waals surface area contributed by atoms with Crippen molar-refractivity contribution in [1.82, 2.24) is 10.6 Å². The fraction of sp³-hybridized carbons (Fsp3) is 0.611. The van der Waals surface area contributed by atoms with Gasteiger partial charge in [-0.25, -0.2) is 4.99 Å². The number of guanidine groups is 1. The van der Waals surface area contributed by atoms with Gasteiger partial charge in [-0.1, -0.05) is 19.9 Å². The Labute approximate surface area is 134 Å². The van der Waals surface area contributed by atoms with Crippen molar-refractivity contribution in [3.63, 3.8) is 0 Å². The molecular formula is C18H29N3O. The van der Waals surface area contributed by atoms with Crippen LogP contribution in [0.5, 0.6) is 5.75 Å². The molecule has 0 unspecified atom stereocenters. The van der Waals surface area contributed by atoms with Crippen LogP contribution in [0, 0.1) is 5.92 Å². The van der Waals surface area contributed by atoms with Crippen LogP contribution in [0.25, 0.3) is 0 Å². The predicted molar refractivity (Wildman–Crippen MR) is 92.4 cm³/mol.